The van der Waals surface area contributed by atoms with Gasteiger partial charge in [-0.3, -0.25) is 9.09 Å². The summed E-state index contributed by atoms with van der Waals surface area (Å²) in [5.41, 5.74) is 7.72. The molecule has 0 aliphatic carbocycles. The van der Waals surface area contributed by atoms with Gasteiger partial charge in [-0.1, -0.05) is 5.11 Å². The molecule has 0 bridgehead atoms. The highest BCUT2D eigenvalue weighted by Gasteiger charge is 2.64. The molecule has 0 radical (unpaired) electrons. The van der Waals surface area contributed by atoms with Gasteiger partial charge in [0.05, 0.1) is 19.7 Å². The van der Waals surface area contributed by atoms with E-state index in [0.717, 1.165) is 10.8 Å². The molecule has 1 aromatic rings. The third-order valence-corrected chi connectivity index (χ3v) is 8.45. The van der Waals surface area contributed by atoms with E-state index in [1.54, 1.807) is 0 Å². The predicted octanol–water partition coefficient (Wildman–Crippen LogP) is -1.32. The van der Waals surface area contributed by atoms with Crippen molar-refractivity contribution in [3.8, 4) is 0 Å². The van der Waals surface area contributed by atoms with Crippen molar-refractivity contribution in [2.45, 2.75) is 30.0 Å². The number of rotatable bonds is 12. The first-order chi connectivity index (χ1) is 16.4. The third kappa shape index (κ3) is 7.38. The number of aliphatic hydroxyl groups excluding tert-OH is 1. The molecule has 1 saturated heterocycles. The minimum atomic E-state index is -5.91. The summed E-state index contributed by atoms with van der Waals surface area (Å²) in [6.45, 7) is -4.78. The van der Waals surface area contributed by atoms with Gasteiger partial charge in [0.1, 0.15) is 35.9 Å². The molecule has 0 amide bonds. The van der Waals surface area contributed by atoms with Crippen LogP contribution in [0.4, 0.5) is 10.2 Å². The molecule has 1 aliphatic rings. The molecule has 2 rings (SSSR count). The predicted molar refractivity (Wildman–Crippen MR) is 111 cm³/mol. The Balaban J connectivity index is 2.35. The number of anilines is 1. The van der Waals surface area contributed by atoms with E-state index in [1.807, 2.05) is 0 Å². The fourth-order valence-electron chi connectivity index (χ4n) is 3.12. The third-order valence-electron chi connectivity index (χ3n) is 4.67. The standard InChI is InChI=1S/C12H20FN6O14P3/c13-4-12(22)7(3-19-2-1-8(14)17-10(19)21)31-11(9(12)20,5-16-18-15)6-30-35(26,27)33-36(28,29)32-34(23,24)25/h1-2,7,9,20,22H,3-6H2,(H,26,27)(H,28,29)(H2,14,17,21)(H2,23,24,25)/t7-,9+,11+,12-/m0/s1. The van der Waals surface area contributed by atoms with Crippen LogP contribution < -0.4 is 11.4 Å². The second-order valence-corrected chi connectivity index (χ2v) is 11.7. The van der Waals surface area contributed by atoms with Crippen LogP contribution in [0.25, 0.3) is 10.4 Å². The van der Waals surface area contributed by atoms with Gasteiger partial charge < -0.3 is 40.3 Å². The quantitative estimate of drug-likeness (QED) is 0.0648. The summed E-state index contributed by atoms with van der Waals surface area (Å²) in [6, 6.07) is 1.17. The average Bonchev–Trinajstić information content (AvgIpc) is 2.93. The van der Waals surface area contributed by atoms with Crippen molar-refractivity contribution in [2.24, 2.45) is 5.11 Å². The summed E-state index contributed by atoms with van der Waals surface area (Å²) in [7, 11) is -17.4. The Morgan fingerprint density at radius 1 is 1.28 bits per heavy atom. The second kappa shape index (κ2) is 10.9. The lowest BCUT2D eigenvalue weighted by Crippen LogP contribution is -2.56. The topological polar surface area (TPSA) is 319 Å². The van der Waals surface area contributed by atoms with E-state index >= 15 is 0 Å². The molecular weight excluding hydrogens is 564 g/mol. The molecule has 0 spiro atoms. The zero-order chi connectivity index (χ0) is 27.6. The highest BCUT2D eigenvalue weighted by Crippen LogP contribution is 2.66. The fraction of sp³-hybridized carbons (Fsp3) is 0.667. The van der Waals surface area contributed by atoms with Gasteiger partial charge in [0.2, 0.25) is 0 Å². The van der Waals surface area contributed by atoms with Gasteiger partial charge in [-0.05, 0) is 11.6 Å². The molecule has 0 saturated carbocycles. The van der Waals surface area contributed by atoms with E-state index in [9.17, 15) is 42.9 Å². The molecule has 20 nitrogen and oxygen atoms in total. The first kappa shape index (κ1) is 30.4. The number of azide groups is 1. The van der Waals surface area contributed by atoms with Gasteiger partial charge in [-0.15, -0.1) is 0 Å². The Labute approximate surface area is 199 Å². The summed E-state index contributed by atoms with van der Waals surface area (Å²) in [5, 5.41) is 24.6. The molecule has 1 aromatic heterocycles. The Morgan fingerprint density at radius 3 is 2.44 bits per heavy atom. The largest absolute Gasteiger partial charge is 0.490 e. The zero-order valence-corrected chi connectivity index (χ0v) is 20.3. The van der Waals surface area contributed by atoms with Gasteiger partial charge in [0.25, 0.3) is 0 Å². The van der Waals surface area contributed by atoms with Crippen molar-refractivity contribution >= 4 is 29.3 Å². The Bertz CT molecular complexity index is 1220. The molecule has 6 atom stereocenters. The molecule has 204 valence electrons. The molecular formula is C12H20FN6O14P3. The maximum atomic E-state index is 13.9. The second-order valence-electron chi connectivity index (χ2n) is 7.24. The van der Waals surface area contributed by atoms with E-state index in [4.69, 9.17) is 25.8 Å². The Kier molecular flexibility index (Phi) is 9.22. The lowest BCUT2D eigenvalue weighted by molar-refractivity contribution is -0.105. The number of aromatic nitrogens is 2. The van der Waals surface area contributed by atoms with Crippen molar-refractivity contribution in [3.63, 3.8) is 0 Å². The zero-order valence-electron chi connectivity index (χ0n) is 17.6. The Hall–Kier alpha value is -1.79. The molecule has 24 heteroatoms. The minimum absolute atomic E-state index is 0.168. The van der Waals surface area contributed by atoms with E-state index < -0.39 is 78.9 Å². The van der Waals surface area contributed by atoms with Gasteiger partial charge in [0.15, 0.2) is 0 Å². The van der Waals surface area contributed by atoms with Crippen molar-refractivity contribution in [3.05, 3.63) is 33.2 Å². The van der Waals surface area contributed by atoms with Crippen LogP contribution in [0.15, 0.2) is 22.2 Å². The number of ether oxygens (including phenoxy) is 1. The van der Waals surface area contributed by atoms with Crippen LogP contribution in [0, 0.1) is 0 Å². The number of hydrogen-bond acceptors (Lipinski definition) is 13. The molecule has 2 heterocycles. The van der Waals surface area contributed by atoms with Crippen LogP contribution >= 0.6 is 23.5 Å². The van der Waals surface area contributed by atoms with Crippen molar-refractivity contribution in [2.75, 3.05) is 25.6 Å². The van der Waals surface area contributed by atoms with Crippen LogP contribution in [0.5, 0.6) is 0 Å². The van der Waals surface area contributed by atoms with Crippen LogP contribution in [0.3, 0.4) is 0 Å². The molecule has 1 aliphatic heterocycles. The van der Waals surface area contributed by atoms with Crippen molar-refractivity contribution in [1.82, 2.24) is 9.55 Å². The highest BCUT2D eigenvalue weighted by molar-refractivity contribution is 7.66. The van der Waals surface area contributed by atoms with Crippen molar-refractivity contribution in [1.29, 1.82) is 0 Å². The summed E-state index contributed by atoms with van der Waals surface area (Å²) in [5.74, 6) is -0.168. The van der Waals surface area contributed by atoms with E-state index in [0.29, 0.717) is 0 Å². The summed E-state index contributed by atoms with van der Waals surface area (Å²) in [4.78, 5) is 53.9. The number of hydrogen-bond donors (Lipinski definition) is 7. The maximum Gasteiger partial charge on any atom is 0.490 e. The molecule has 1 fully saturated rings. The van der Waals surface area contributed by atoms with Crippen LogP contribution in [0.2, 0.25) is 0 Å². The minimum Gasteiger partial charge on any atom is -0.387 e. The van der Waals surface area contributed by atoms with Crippen LogP contribution in [-0.2, 0) is 38.1 Å². The number of nitrogens with two attached hydrogens (primary N) is 1. The van der Waals surface area contributed by atoms with Crippen molar-refractivity contribution < 1.29 is 65.8 Å². The van der Waals surface area contributed by atoms with E-state index in [2.05, 4.69) is 28.2 Å². The number of nitrogen functional groups attached to an aromatic ring is 1. The van der Waals surface area contributed by atoms with Gasteiger partial charge in [-0.2, -0.15) is 13.6 Å². The fourth-order valence-corrected chi connectivity index (χ4v) is 6.20. The summed E-state index contributed by atoms with van der Waals surface area (Å²) in [6.07, 6.45) is -3.09. The maximum absolute atomic E-state index is 13.9. The SMILES string of the molecule is [N-]=[N+]=NC[C@]1(COP(=O)(O)OP(=O)(O)OP(=O)(O)O)O[C@@H](Cn2ccc(N)nc2=O)[C@@](O)(CF)[C@@H]1O. The van der Waals surface area contributed by atoms with E-state index in [-0.39, 0.29) is 5.82 Å². The monoisotopic (exact) mass is 584 g/mol. The van der Waals surface area contributed by atoms with Crippen LogP contribution in [0.1, 0.15) is 0 Å². The van der Waals surface area contributed by atoms with E-state index in [1.165, 1.54) is 6.07 Å². The lowest BCUT2D eigenvalue weighted by atomic mass is 9.85. The normalized spacial score (nSPS) is 29.8. The number of aliphatic hydroxyl groups is 2. The summed E-state index contributed by atoms with van der Waals surface area (Å²) < 4.78 is 66.0. The molecule has 36 heavy (non-hydrogen) atoms. The number of nitrogens with zero attached hydrogens (tertiary/aromatic N) is 5. The smallest absolute Gasteiger partial charge is 0.387 e. The van der Waals surface area contributed by atoms with Crippen LogP contribution in [-0.4, -0.2) is 82.6 Å². The lowest BCUT2D eigenvalue weighted by Gasteiger charge is -2.33. The van der Waals surface area contributed by atoms with Gasteiger partial charge >= 0.3 is 29.2 Å². The summed E-state index contributed by atoms with van der Waals surface area (Å²) >= 11 is 0. The number of halogens is 1. The molecule has 2 unspecified atom stereocenters. The average molecular weight is 584 g/mol. The van der Waals surface area contributed by atoms with Gasteiger partial charge in [0, 0.05) is 11.1 Å². The first-order valence-corrected chi connectivity index (χ1v) is 13.7. The number of alkyl halides is 1. The highest BCUT2D eigenvalue weighted by atomic mass is 31.3. The molecule has 8 N–H and O–H groups in total. The number of phosphoric acid groups is 3. The Morgan fingerprint density at radius 2 is 1.92 bits per heavy atom. The van der Waals surface area contributed by atoms with Gasteiger partial charge in [-0.25, -0.2) is 22.9 Å². The first-order valence-electron chi connectivity index (χ1n) is 9.15. The molecule has 0 aromatic carbocycles. The number of phosphoric ester groups is 1.